The van der Waals surface area contributed by atoms with Crippen molar-refractivity contribution in [2.75, 3.05) is 0 Å². The average molecular weight is 246 g/mol. The quantitative estimate of drug-likeness (QED) is 0.746. The van der Waals surface area contributed by atoms with Gasteiger partial charge in [-0.2, -0.15) is 0 Å². The van der Waals surface area contributed by atoms with Crippen LogP contribution in [0.3, 0.4) is 0 Å². The Morgan fingerprint density at radius 1 is 1.50 bits per heavy atom. The maximum Gasteiger partial charge on any atom is 0.408 e. The number of ether oxygens (including phenoxy) is 1. The fourth-order valence-electron chi connectivity index (χ4n) is 1.16. The highest BCUT2D eigenvalue weighted by molar-refractivity contribution is 7.80. The molecule has 16 heavy (non-hydrogen) atoms. The van der Waals surface area contributed by atoms with Gasteiger partial charge in [0, 0.05) is 0 Å². The fraction of sp³-hybridized carbons (Fsp3) is 0.818. The van der Waals surface area contributed by atoms with Crippen LogP contribution in [-0.4, -0.2) is 22.7 Å². The number of nitrogens with one attached hydrogen (secondary N) is 1. The molecule has 0 saturated heterocycles. The first-order chi connectivity index (χ1) is 7.17. The van der Waals surface area contributed by atoms with Crippen molar-refractivity contribution in [3.05, 3.63) is 0 Å². The summed E-state index contributed by atoms with van der Waals surface area (Å²) in [4.78, 5) is 11.8. The van der Waals surface area contributed by atoms with E-state index in [1.165, 1.54) is 0 Å². The van der Waals surface area contributed by atoms with Gasteiger partial charge in [-0.1, -0.05) is 32.5 Å². The predicted octanol–water partition coefficient (Wildman–Crippen LogP) is 2.21. The molecule has 94 valence electrons. The summed E-state index contributed by atoms with van der Waals surface area (Å²) in [5.74, 6) is 0.199. The molecule has 4 nitrogen and oxygen atoms in total. The van der Waals surface area contributed by atoms with E-state index in [-0.39, 0.29) is 12.0 Å². The van der Waals surface area contributed by atoms with Crippen molar-refractivity contribution in [1.82, 2.24) is 5.32 Å². The summed E-state index contributed by atoms with van der Waals surface area (Å²) in [6, 6.07) is -0.310. The summed E-state index contributed by atoms with van der Waals surface area (Å²) in [7, 11) is 0. The maximum absolute atomic E-state index is 11.5. The molecule has 5 heteroatoms. The second-order valence-corrected chi connectivity index (χ2v) is 5.38. The van der Waals surface area contributed by atoms with Crippen LogP contribution in [0.5, 0.6) is 0 Å². The van der Waals surface area contributed by atoms with Crippen LogP contribution in [-0.2, 0) is 4.74 Å². The van der Waals surface area contributed by atoms with E-state index in [0.29, 0.717) is 4.99 Å². The summed E-state index contributed by atoms with van der Waals surface area (Å²) in [6.07, 6.45) is 0.406. The van der Waals surface area contributed by atoms with Crippen LogP contribution in [0.1, 0.15) is 41.0 Å². The van der Waals surface area contributed by atoms with Crippen LogP contribution >= 0.6 is 12.2 Å². The average Bonchev–Trinajstić information content (AvgIpc) is 2.09. The molecule has 0 aromatic carbocycles. The number of hydrogen-bond acceptors (Lipinski definition) is 3. The van der Waals surface area contributed by atoms with E-state index in [2.05, 4.69) is 5.32 Å². The van der Waals surface area contributed by atoms with Crippen molar-refractivity contribution in [2.24, 2.45) is 11.7 Å². The zero-order valence-corrected chi connectivity index (χ0v) is 11.5. The fourth-order valence-corrected chi connectivity index (χ4v) is 1.46. The summed E-state index contributed by atoms with van der Waals surface area (Å²) >= 11 is 4.93. The molecule has 3 N–H and O–H groups in total. The smallest absolute Gasteiger partial charge is 0.408 e. The molecule has 0 fully saturated rings. The number of carbonyl (C=O) groups is 1. The normalized spacial score (nSPS) is 15.1. The molecule has 0 heterocycles. The van der Waals surface area contributed by atoms with E-state index in [0.717, 1.165) is 6.42 Å². The largest absolute Gasteiger partial charge is 0.444 e. The van der Waals surface area contributed by atoms with Gasteiger partial charge in [0.2, 0.25) is 0 Å². The monoisotopic (exact) mass is 246 g/mol. The summed E-state index contributed by atoms with van der Waals surface area (Å²) in [6.45, 7) is 9.44. The van der Waals surface area contributed by atoms with Gasteiger partial charge in [0.25, 0.3) is 0 Å². The summed E-state index contributed by atoms with van der Waals surface area (Å²) in [5, 5.41) is 2.70. The molecule has 0 aliphatic rings. The molecular weight excluding hydrogens is 224 g/mol. The number of carbonyl (C=O) groups excluding carboxylic acids is 1. The molecule has 0 rings (SSSR count). The third kappa shape index (κ3) is 5.90. The lowest BCUT2D eigenvalue weighted by atomic mass is 9.99. The molecule has 1 unspecified atom stereocenters. The van der Waals surface area contributed by atoms with Crippen molar-refractivity contribution in [3.63, 3.8) is 0 Å². The van der Waals surface area contributed by atoms with Crippen molar-refractivity contribution in [3.8, 4) is 0 Å². The highest BCUT2D eigenvalue weighted by Gasteiger charge is 2.24. The molecule has 1 amide bonds. The van der Waals surface area contributed by atoms with Gasteiger partial charge in [0.15, 0.2) is 0 Å². The molecule has 0 aliphatic carbocycles. The third-order valence-electron chi connectivity index (χ3n) is 2.19. The lowest BCUT2D eigenvalue weighted by Gasteiger charge is -2.26. The Morgan fingerprint density at radius 3 is 2.31 bits per heavy atom. The number of alkyl carbamates (subject to hydrolysis) is 1. The Balaban J connectivity index is 4.42. The highest BCUT2D eigenvalue weighted by atomic mass is 32.1. The molecule has 0 aliphatic heterocycles. The lowest BCUT2D eigenvalue weighted by molar-refractivity contribution is 0.0507. The number of rotatable bonds is 4. The molecule has 0 spiro atoms. The number of hydrogen-bond donors (Lipinski definition) is 2. The molecule has 0 aromatic rings. The van der Waals surface area contributed by atoms with E-state index in [1.807, 2.05) is 34.6 Å². The van der Waals surface area contributed by atoms with Gasteiger partial charge < -0.3 is 15.8 Å². The highest BCUT2D eigenvalue weighted by Crippen LogP contribution is 2.11. The molecule has 0 saturated carbocycles. The van der Waals surface area contributed by atoms with Crippen LogP contribution in [0.15, 0.2) is 0 Å². The lowest BCUT2D eigenvalue weighted by Crippen LogP contribution is -2.48. The van der Waals surface area contributed by atoms with Gasteiger partial charge in [-0.05, 0) is 26.7 Å². The van der Waals surface area contributed by atoms with Crippen LogP contribution in [0.25, 0.3) is 0 Å². The first-order valence-corrected chi connectivity index (χ1v) is 5.87. The van der Waals surface area contributed by atoms with E-state index in [1.54, 1.807) is 0 Å². The Labute approximate surface area is 103 Å². The van der Waals surface area contributed by atoms with Gasteiger partial charge in [-0.3, -0.25) is 0 Å². The van der Waals surface area contributed by atoms with Crippen molar-refractivity contribution in [1.29, 1.82) is 0 Å². The van der Waals surface area contributed by atoms with Crippen LogP contribution < -0.4 is 11.1 Å². The second-order valence-electron chi connectivity index (χ2n) is 4.91. The minimum atomic E-state index is -0.514. The van der Waals surface area contributed by atoms with Crippen molar-refractivity contribution in [2.45, 2.75) is 52.7 Å². The van der Waals surface area contributed by atoms with Gasteiger partial charge in [0.05, 0.1) is 11.0 Å². The van der Waals surface area contributed by atoms with Gasteiger partial charge >= 0.3 is 6.09 Å². The third-order valence-corrected chi connectivity index (χ3v) is 2.45. The van der Waals surface area contributed by atoms with Crippen LogP contribution in [0, 0.1) is 5.92 Å². The summed E-state index contributed by atoms with van der Waals surface area (Å²) in [5.41, 5.74) is 5.07. The van der Waals surface area contributed by atoms with E-state index in [9.17, 15) is 4.79 Å². The van der Waals surface area contributed by atoms with E-state index < -0.39 is 11.7 Å². The standard InChI is InChI=1S/C11H22N2O2S/c1-6-7(2)8(9(12)16)13-10(14)15-11(3,4)5/h7-8H,6H2,1-5H3,(H2,12,16)(H,13,14)/t7?,8-/m1/s1. The Morgan fingerprint density at radius 2 is 2.00 bits per heavy atom. The second kappa shape index (κ2) is 6.03. The minimum Gasteiger partial charge on any atom is -0.444 e. The Bertz CT molecular complexity index is 261. The van der Waals surface area contributed by atoms with Crippen molar-refractivity contribution < 1.29 is 9.53 Å². The predicted molar refractivity (Wildman–Crippen MR) is 69.4 cm³/mol. The van der Waals surface area contributed by atoms with Crippen LogP contribution in [0.4, 0.5) is 4.79 Å². The molecule has 2 atom stereocenters. The number of nitrogens with two attached hydrogens (primary N) is 1. The zero-order chi connectivity index (χ0) is 12.9. The number of amides is 1. The topological polar surface area (TPSA) is 64.3 Å². The van der Waals surface area contributed by atoms with Crippen LogP contribution in [0.2, 0.25) is 0 Å². The first kappa shape index (κ1) is 15.2. The Kier molecular flexibility index (Phi) is 5.72. The van der Waals surface area contributed by atoms with E-state index in [4.69, 9.17) is 22.7 Å². The van der Waals surface area contributed by atoms with Gasteiger partial charge in [0.1, 0.15) is 5.60 Å². The van der Waals surface area contributed by atoms with Gasteiger partial charge in [-0.15, -0.1) is 0 Å². The molecule has 0 aromatic heterocycles. The summed E-state index contributed by atoms with van der Waals surface area (Å²) < 4.78 is 5.15. The first-order valence-electron chi connectivity index (χ1n) is 5.46. The maximum atomic E-state index is 11.5. The Hall–Kier alpha value is -0.840. The molecule has 0 radical (unpaired) electrons. The number of thiocarbonyl (C=S) groups is 1. The minimum absolute atomic E-state index is 0.199. The SMILES string of the molecule is CCC(C)[C@@H](NC(=O)OC(C)(C)C)C(N)=S. The van der Waals surface area contributed by atoms with E-state index >= 15 is 0 Å². The molecular formula is C11H22N2O2S. The molecule has 0 bridgehead atoms. The van der Waals surface area contributed by atoms with Gasteiger partial charge in [-0.25, -0.2) is 4.79 Å². The van der Waals surface area contributed by atoms with Crippen molar-refractivity contribution >= 4 is 23.3 Å². The zero-order valence-electron chi connectivity index (χ0n) is 10.7.